The van der Waals surface area contributed by atoms with Crippen LogP contribution in [0.15, 0.2) is 11.8 Å². The molecular weight excluding hydrogens is 122 g/mol. The molecule has 0 spiro atoms. The maximum Gasteiger partial charge on any atom is 0.221 e. The Labute approximate surface area is 52.5 Å². The summed E-state index contributed by atoms with van der Waals surface area (Å²) >= 11 is 1.85. The maximum atomic E-state index is 10.3. The SMILES string of the molecule is C[N+](=O)C=C1CSC1. The summed E-state index contributed by atoms with van der Waals surface area (Å²) in [5.74, 6) is 2.10. The number of rotatable bonds is 1. The minimum Gasteiger partial charge on any atom is -0.153 e. The third-order valence-electron chi connectivity index (χ3n) is 0.939. The van der Waals surface area contributed by atoms with Crippen LogP contribution in [0.2, 0.25) is 0 Å². The zero-order chi connectivity index (χ0) is 5.98. The van der Waals surface area contributed by atoms with Gasteiger partial charge in [-0.3, -0.25) is 0 Å². The van der Waals surface area contributed by atoms with E-state index >= 15 is 0 Å². The van der Waals surface area contributed by atoms with E-state index in [1.807, 2.05) is 11.8 Å². The molecule has 1 rings (SSSR count). The van der Waals surface area contributed by atoms with Crippen LogP contribution in [0.1, 0.15) is 0 Å². The zero-order valence-corrected chi connectivity index (χ0v) is 5.57. The summed E-state index contributed by atoms with van der Waals surface area (Å²) in [5.41, 5.74) is 1.26. The lowest BCUT2D eigenvalue weighted by molar-refractivity contribution is -0.446. The zero-order valence-electron chi connectivity index (χ0n) is 4.76. The Morgan fingerprint density at radius 3 is 2.50 bits per heavy atom. The van der Waals surface area contributed by atoms with E-state index in [0.29, 0.717) is 0 Å². The Morgan fingerprint density at radius 1 is 1.75 bits per heavy atom. The van der Waals surface area contributed by atoms with Crippen molar-refractivity contribution < 1.29 is 4.76 Å². The van der Waals surface area contributed by atoms with Crippen molar-refractivity contribution in [3.05, 3.63) is 16.7 Å². The highest BCUT2D eigenvalue weighted by Gasteiger charge is 2.12. The van der Waals surface area contributed by atoms with Crippen molar-refractivity contribution in [3.63, 3.8) is 0 Å². The monoisotopic (exact) mass is 130 g/mol. The molecule has 0 atom stereocenters. The van der Waals surface area contributed by atoms with Crippen molar-refractivity contribution in [1.29, 1.82) is 0 Å². The molecule has 1 heterocycles. The molecule has 3 heteroatoms. The molecule has 0 radical (unpaired) electrons. The quantitative estimate of drug-likeness (QED) is 0.494. The summed E-state index contributed by atoms with van der Waals surface area (Å²) in [6.07, 6.45) is 1.65. The van der Waals surface area contributed by atoms with E-state index in [1.54, 1.807) is 6.20 Å². The van der Waals surface area contributed by atoms with Gasteiger partial charge in [-0.1, -0.05) is 0 Å². The van der Waals surface area contributed by atoms with E-state index in [0.717, 1.165) is 16.3 Å². The average molecular weight is 130 g/mol. The van der Waals surface area contributed by atoms with Gasteiger partial charge in [0.1, 0.15) is 0 Å². The molecule has 44 valence electrons. The highest BCUT2D eigenvalue weighted by molar-refractivity contribution is 8.01. The van der Waals surface area contributed by atoms with E-state index in [2.05, 4.69) is 0 Å². The number of nitroso groups, excluding NO2 is 1. The molecule has 0 aromatic heterocycles. The van der Waals surface area contributed by atoms with Crippen LogP contribution in [0.3, 0.4) is 0 Å². The van der Waals surface area contributed by atoms with Crippen molar-refractivity contribution in [3.8, 4) is 0 Å². The normalized spacial score (nSPS) is 17.4. The molecule has 0 aliphatic carbocycles. The number of hydrogen-bond donors (Lipinski definition) is 0. The highest BCUT2D eigenvalue weighted by Crippen LogP contribution is 2.22. The Hall–Kier alpha value is -0.310. The predicted molar refractivity (Wildman–Crippen MR) is 35.0 cm³/mol. The Bertz CT molecular complexity index is 135. The summed E-state index contributed by atoms with van der Waals surface area (Å²) in [4.78, 5) is 10.3. The van der Waals surface area contributed by atoms with Gasteiger partial charge in [0, 0.05) is 26.7 Å². The molecule has 0 unspecified atom stereocenters. The van der Waals surface area contributed by atoms with E-state index in [1.165, 1.54) is 12.6 Å². The molecule has 2 nitrogen and oxygen atoms in total. The minimum absolute atomic E-state index is 0.856. The van der Waals surface area contributed by atoms with Crippen LogP contribution in [0.5, 0.6) is 0 Å². The maximum absolute atomic E-state index is 10.3. The molecule has 0 bridgehead atoms. The van der Waals surface area contributed by atoms with Gasteiger partial charge in [-0.15, -0.1) is 0 Å². The average Bonchev–Trinajstić information content (AvgIpc) is 1.55. The van der Waals surface area contributed by atoms with Gasteiger partial charge in [0.2, 0.25) is 6.20 Å². The summed E-state index contributed by atoms with van der Waals surface area (Å²) in [7, 11) is 1.51. The Balaban J connectivity index is 2.42. The first-order chi connectivity index (χ1) is 3.79. The molecule has 1 saturated heterocycles. The Morgan fingerprint density at radius 2 is 2.38 bits per heavy atom. The van der Waals surface area contributed by atoms with Crippen molar-refractivity contribution in [2.24, 2.45) is 0 Å². The van der Waals surface area contributed by atoms with Gasteiger partial charge in [-0.25, -0.2) is 0 Å². The molecule has 8 heavy (non-hydrogen) atoms. The van der Waals surface area contributed by atoms with Gasteiger partial charge in [-0.05, 0) is 0 Å². The second-order valence-electron chi connectivity index (χ2n) is 1.83. The van der Waals surface area contributed by atoms with Crippen molar-refractivity contribution in [2.45, 2.75) is 0 Å². The summed E-state index contributed by atoms with van der Waals surface area (Å²) < 4.78 is 0.856. The fraction of sp³-hybridized carbons (Fsp3) is 0.600. The fourth-order valence-electron chi connectivity index (χ4n) is 0.552. The van der Waals surface area contributed by atoms with Crippen LogP contribution in [-0.2, 0) is 0 Å². The van der Waals surface area contributed by atoms with Gasteiger partial charge in [0.25, 0.3) is 0 Å². The van der Waals surface area contributed by atoms with Crippen molar-refractivity contribution in [1.82, 2.24) is 0 Å². The second-order valence-corrected chi connectivity index (χ2v) is 2.81. The summed E-state index contributed by atoms with van der Waals surface area (Å²) in [5, 5.41) is 0. The Kier molecular flexibility index (Phi) is 1.68. The standard InChI is InChI=1S/C5H8NOS/c1-6(7)2-5-3-8-4-5/h2H,3-4H2,1H3/q+1. The summed E-state index contributed by atoms with van der Waals surface area (Å²) in [6, 6.07) is 0. The third-order valence-corrected chi connectivity index (χ3v) is 2.09. The largest absolute Gasteiger partial charge is 0.221 e. The number of hydrogen-bond acceptors (Lipinski definition) is 2. The third kappa shape index (κ3) is 1.33. The second kappa shape index (κ2) is 2.31. The highest BCUT2D eigenvalue weighted by atomic mass is 32.2. The molecule has 0 saturated carbocycles. The molecule has 0 aromatic rings. The van der Waals surface area contributed by atoms with Crippen LogP contribution < -0.4 is 0 Å². The van der Waals surface area contributed by atoms with Gasteiger partial charge in [-0.2, -0.15) is 11.8 Å². The topological polar surface area (TPSA) is 20.1 Å². The lowest BCUT2D eigenvalue weighted by Gasteiger charge is -2.10. The van der Waals surface area contributed by atoms with Gasteiger partial charge < -0.3 is 0 Å². The molecular formula is C5H8NOS+. The van der Waals surface area contributed by atoms with Crippen LogP contribution in [0.4, 0.5) is 0 Å². The molecule has 0 aromatic carbocycles. The van der Waals surface area contributed by atoms with Gasteiger partial charge >= 0.3 is 0 Å². The van der Waals surface area contributed by atoms with Crippen LogP contribution in [-0.4, -0.2) is 23.3 Å². The minimum atomic E-state index is 0.856. The van der Waals surface area contributed by atoms with E-state index in [4.69, 9.17) is 0 Å². The van der Waals surface area contributed by atoms with E-state index in [9.17, 15) is 4.91 Å². The molecule has 1 aliphatic rings. The molecule has 0 amide bonds. The number of thioether (sulfide) groups is 1. The molecule has 0 N–H and O–H groups in total. The predicted octanol–water partition coefficient (Wildman–Crippen LogP) is 1.03. The van der Waals surface area contributed by atoms with E-state index < -0.39 is 0 Å². The first kappa shape index (κ1) is 5.82. The van der Waals surface area contributed by atoms with Gasteiger partial charge in [0.15, 0.2) is 7.05 Å². The lowest BCUT2D eigenvalue weighted by Crippen LogP contribution is -2.06. The van der Waals surface area contributed by atoms with Crippen LogP contribution in [0, 0.1) is 4.91 Å². The molecule has 1 fully saturated rings. The molecule has 1 aliphatic heterocycles. The first-order valence-electron chi connectivity index (χ1n) is 2.46. The lowest BCUT2D eigenvalue weighted by atomic mass is 10.4. The first-order valence-corrected chi connectivity index (χ1v) is 3.62. The van der Waals surface area contributed by atoms with Gasteiger partial charge in [0.05, 0.1) is 0 Å². The van der Waals surface area contributed by atoms with Crippen molar-refractivity contribution in [2.75, 3.05) is 18.6 Å². The van der Waals surface area contributed by atoms with Crippen LogP contribution in [0.25, 0.3) is 0 Å². The number of nitrogens with zero attached hydrogens (tertiary/aromatic N) is 1. The van der Waals surface area contributed by atoms with Crippen LogP contribution >= 0.6 is 11.8 Å². The fourth-order valence-corrected chi connectivity index (χ4v) is 1.14. The van der Waals surface area contributed by atoms with E-state index in [-0.39, 0.29) is 0 Å². The summed E-state index contributed by atoms with van der Waals surface area (Å²) in [6.45, 7) is 0. The van der Waals surface area contributed by atoms with Crippen molar-refractivity contribution >= 4 is 11.8 Å². The smallest absolute Gasteiger partial charge is 0.153 e.